The lowest BCUT2D eigenvalue weighted by Gasteiger charge is -2.22. The highest BCUT2D eigenvalue weighted by molar-refractivity contribution is 5.76. The van der Waals surface area contributed by atoms with E-state index in [1.54, 1.807) is 0 Å². The van der Waals surface area contributed by atoms with E-state index in [4.69, 9.17) is 4.74 Å². The monoisotopic (exact) mass is 960 g/mol. The third-order valence-electron chi connectivity index (χ3n) is 14.6. The fourth-order valence-electron chi connectivity index (χ4n) is 9.81. The molecule has 0 aliphatic rings. The molecule has 6 nitrogen and oxygen atoms in total. The van der Waals surface area contributed by atoms with Crippen LogP contribution >= 0.6 is 0 Å². The first-order chi connectivity index (χ1) is 33.5. The average Bonchev–Trinajstić information content (AvgIpc) is 3.34. The van der Waals surface area contributed by atoms with Gasteiger partial charge in [-0.05, 0) is 51.4 Å². The van der Waals surface area contributed by atoms with E-state index in [2.05, 4.69) is 31.3 Å². The Bertz CT molecular complexity index is 1020. The van der Waals surface area contributed by atoms with Crippen LogP contribution in [0.25, 0.3) is 0 Å². The van der Waals surface area contributed by atoms with Gasteiger partial charge in [0.05, 0.1) is 25.4 Å². The van der Waals surface area contributed by atoms with Crippen molar-refractivity contribution in [3.8, 4) is 0 Å². The summed E-state index contributed by atoms with van der Waals surface area (Å²) in [6.45, 7) is 4.96. The molecule has 0 heterocycles. The van der Waals surface area contributed by atoms with E-state index in [1.807, 2.05) is 0 Å². The normalized spacial score (nSPS) is 12.6. The summed E-state index contributed by atoms with van der Waals surface area (Å²) in [6.07, 6.45) is 69.5. The number of allylic oxidation sites excluding steroid dienone is 2. The van der Waals surface area contributed by atoms with Crippen molar-refractivity contribution in [1.29, 1.82) is 0 Å². The zero-order valence-corrected chi connectivity index (χ0v) is 46.1. The van der Waals surface area contributed by atoms with Crippen LogP contribution in [-0.2, 0) is 14.3 Å². The minimum absolute atomic E-state index is 0.0178. The van der Waals surface area contributed by atoms with Gasteiger partial charge >= 0.3 is 5.97 Å². The standard InChI is InChI=1S/C62H121NO5/c1-3-5-7-9-11-13-15-16-33-36-40-44-48-52-56-62(67)68-57-53-49-45-41-37-34-31-29-27-25-23-21-19-17-18-20-22-24-26-28-30-32-35-39-43-47-51-55-61(66)63-59(58-64)60(65)54-50-46-42-38-14-12-10-8-6-4-2/h17-18,59-60,64-65H,3-16,19-58H2,1-2H3,(H,63,66)/b18-17-. The number of rotatable bonds is 58. The number of hydrogen-bond acceptors (Lipinski definition) is 5. The molecule has 0 saturated heterocycles. The van der Waals surface area contributed by atoms with Crippen molar-refractivity contribution in [2.75, 3.05) is 13.2 Å². The highest BCUT2D eigenvalue weighted by atomic mass is 16.5. The Hall–Kier alpha value is -1.40. The molecule has 0 aromatic rings. The largest absolute Gasteiger partial charge is 0.466 e. The summed E-state index contributed by atoms with van der Waals surface area (Å²) in [5, 5.41) is 23.2. The van der Waals surface area contributed by atoms with Crippen molar-refractivity contribution in [2.45, 2.75) is 360 Å². The number of carbonyl (C=O) groups is 2. The molecule has 3 N–H and O–H groups in total. The lowest BCUT2D eigenvalue weighted by Crippen LogP contribution is -2.45. The summed E-state index contributed by atoms with van der Waals surface area (Å²) in [5.74, 6) is -0.0182. The van der Waals surface area contributed by atoms with Gasteiger partial charge in [0.1, 0.15) is 0 Å². The predicted octanol–water partition coefficient (Wildman–Crippen LogP) is 19.2. The molecule has 0 bridgehead atoms. The smallest absolute Gasteiger partial charge is 0.305 e. The van der Waals surface area contributed by atoms with Crippen LogP contribution in [0.2, 0.25) is 0 Å². The van der Waals surface area contributed by atoms with Crippen molar-refractivity contribution >= 4 is 11.9 Å². The van der Waals surface area contributed by atoms with Gasteiger partial charge in [0.2, 0.25) is 5.91 Å². The summed E-state index contributed by atoms with van der Waals surface area (Å²) in [6, 6.07) is -0.539. The molecule has 0 spiro atoms. The van der Waals surface area contributed by atoms with Gasteiger partial charge in [-0.15, -0.1) is 0 Å². The summed E-state index contributed by atoms with van der Waals surface area (Å²) >= 11 is 0. The molecule has 0 radical (unpaired) electrons. The second-order valence-corrected chi connectivity index (χ2v) is 21.4. The fourth-order valence-corrected chi connectivity index (χ4v) is 9.81. The number of esters is 1. The van der Waals surface area contributed by atoms with E-state index in [-0.39, 0.29) is 18.5 Å². The molecule has 404 valence electrons. The maximum Gasteiger partial charge on any atom is 0.305 e. The predicted molar refractivity (Wildman–Crippen MR) is 297 cm³/mol. The molecular weight excluding hydrogens is 839 g/mol. The quantitative estimate of drug-likeness (QED) is 0.0321. The number of aliphatic hydroxyl groups is 2. The Kier molecular flexibility index (Phi) is 57.0. The molecule has 0 aliphatic heterocycles. The Labute approximate surface area is 425 Å². The van der Waals surface area contributed by atoms with Crippen LogP contribution < -0.4 is 5.32 Å². The molecule has 0 rings (SSSR count). The molecule has 6 heteroatoms. The molecule has 0 fully saturated rings. The molecule has 0 aromatic heterocycles. The molecule has 0 saturated carbocycles. The molecule has 1 amide bonds. The maximum absolute atomic E-state index is 12.4. The van der Waals surface area contributed by atoms with Crippen molar-refractivity contribution in [3.63, 3.8) is 0 Å². The SMILES string of the molecule is CCCCCCCCCCCCCCCCC(=O)OCCCCCCCCCCCCCC/C=C\CCCCCCCCCCCCCC(=O)NC(CO)C(O)CCCCCCCCCCCC. The second-order valence-electron chi connectivity index (χ2n) is 21.4. The highest BCUT2D eigenvalue weighted by Crippen LogP contribution is 2.18. The number of amides is 1. The summed E-state index contributed by atoms with van der Waals surface area (Å²) in [5.41, 5.74) is 0. The van der Waals surface area contributed by atoms with Gasteiger partial charge in [-0.2, -0.15) is 0 Å². The molecular formula is C62H121NO5. The van der Waals surface area contributed by atoms with Gasteiger partial charge < -0.3 is 20.3 Å². The lowest BCUT2D eigenvalue weighted by molar-refractivity contribution is -0.143. The van der Waals surface area contributed by atoms with Crippen LogP contribution in [0, 0.1) is 0 Å². The fraction of sp³-hybridized carbons (Fsp3) is 0.935. The van der Waals surface area contributed by atoms with E-state index >= 15 is 0 Å². The average molecular weight is 961 g/mol. The van der Waals surface area contributed by atoms with Crippen molar-refractivity contribution in [3.05, 3.63) is 12.2 Å². The van der Waals surface area contributed by atoms with E-state index in [0.717, 1.165) is 38.5 Å². The summed E-state index contributed by atoms with van der Waals surface area (Å²) in [7, 11) is 0. The van der Waals surface area contributed by atoms with Crippen molar-refractivity contribution in [1.82, 2.24) is 5.32 Å². The van der Waals surface area contributed by atoms with Crippen molar-refractivity contribution < 1.29 is 24.5 Å². The Balaban J connectivity index is 3.34. The minimum Gasteiger partial charge on any atom is -0.466 e. The topological polar surface area (TPSA) is 95.9 Å². The van der Waals surface area contributed by atoms with E-state index in [1.165, 1.54) is 276 Å². The number of carbonyl (C=O) groups excluding carboxylic acids is 2. The molecule has 0 aromatic carbocycles. The number of ether oxygens (including phenoxy) is 1. The Morgan fingerprint density at radius 2 is 0.691 bits per heavy atom. The Morgan fingerprint density at radius 1 is 0.397 bits per heavy atom. The van der Waals surface area contributed by atoms with E-state index in [9.17, 15) is 19.8 Å². The third-order valence-corrected chi connectivity index (χ3v) is 14.6. The van der Waals surface area contributed by atoms with Gasteiger partial charge in [-0.3, -0.25) is 9.59 Å². The minimum atomic E-state index is -0.662. The number of aliphatic hydroxyl groups excluding tert-OH is 2. The first-order valence-electron chi connectivity index (χ1n) is 30.9. The molecule has 68 heavy (non-hydrogen) atoms. The van der Waals surface area contributed by atoms with Crippen LogP contribution in [-0.4, -0.2) is 47.4 Å². The van der Waals surface area contributed by atoms with Crippen LogP contribution in [0.5, 0.6) is 0 Å². The molecule has 0 aliphatic carbocycles. The first-order valence-corrected chi connectivity index (χ1v) is 30.9. The number of nitrogens with one attached hydrogen (secondary N) is 1. The van der Waals surface area contributed by atoms with Crippen LogP contribution in [0.3, 0.4) is 0 Å². The van der Waals surface area contributed by atoms with Crippen LogP contribution in [0.4, 0.5) is 0 Å². The highest BCUT2D eigenvalue weighted by Gasteiger charge is 2.20. The zero-order chi connectivity index (χ0) is 49.3. The van der Waals surface area contributed by atoms with Gasteiger partial charge in [0, 0.05) is 12.8 Å². The Morgan fingerprint density at radius 3 is 1.04 bits per heavy atom. The van der Waals surface area contributed by atoms with Gasteiger partial charge in [-0.1, -0.05) is 296 Å². The molecule has 2 atom stereocenters. The van der Waals surface area contributed by atoms with Gasteiger partial charge in [0.15, 0.2) is 0 Å². The number of hydrogen-bond donors (Lipinski definition) is 3. The van der Waals surface area contributed by atoms with E-state index < -0.39 is 12.1 Å². The summed E-state index contributed by atoms with van der Waals surface area (Å²) < 4.78 is 5.49. The lowest BCUT2D eigenvalue weighted by atomic mass is 10.0. The second kappa shape index (κ2) is 58.2. The van der Waals surface area contributed by atoms with Crippen LogP contribution in [0.15, 0.2) is 12.2 Å². The first kappa shape index (κ1) is 66.6. The van der Waals surface area contributed by atoms with Gasteiger partial charge in [-0.25, -0.2) is 0 Å². The zero-order valence-electron chi connectivity index (χ0n) is 46.1. The van der Waals surface area contributed by atoms with Crippen molar-refractivity contribution in [2.24, 2.45) is 0 Å². The number of unbranched alkanes of at least 4 members (excludes halogenated alkanes) is 45. The summed E-state index contributed by atoms with van der Waals surface area (Å²) in [4.78, 5) is 24.5. The van der Waals surface area contributed by atoms with Gasteiger partial charge in [0.25, 0.3) is 0 Å². The maximum atomic E-state index is 12.4. The molecule has 2 unspecified atom stereocenters. The van der Waals surface area contributed by atoms with Crippen LogP contribution in [0.1, 0.15) is 348 Å². The van der Waals surface area contributed by atoms with E-state index in [0.29, 0.717) is 25.9 Å². The third kappa shape index (κ3) is 53.9.